The maximum atomic E-state index is 12.7. The SMILES string of the molecule is COCCCn1cnnc1C(C)NC(=O)c1cc(C)c2nc(N)sc2c1. The van der Waals surface area contributed by atoms with Crippen molar-refractivity contribution in [2.45, 2.75) is 32.9 Å². The number of hydrogen-bond donors (Lipinski definition) is 2. The van der Waals surface area contributed by atoms with Crippen molar-refractivity contribution in [2.24, 2.45) is 0 Å². The van der Waals surface area contributed by atoms with E-state index in [1.165, 1.54) is 11.3 Å². The lowest BCUT2D eigenvalue weighted by atomic mass is 10.1. The largest absolute Gasteiger partial charge is 0.385 e. The molecule has 0 saturated carbocycles. The van der Waals surface area contributed by atoms with E-state index in [1.807, 2.05) is 30.5 Å². The molecule has 0 spiro atoms. The van der Waals surface area contributed by atoms with Crippen LogP contribution in [0.1, 0.15) is 41.1 Å². The first-order chi connectivity index (χ1) is 12.5. The molecule has 0 radical (unpaired) electrons. The van der Waals surface area contributed by atoms with E-state index >= 15 is 0 Å². The van der Waals surface area contributed by atoms with Crippen LogP contribution in [0.2, 0.25) is 0 Å². The number of nitrogens with zero attached hydrogens (tertiary/aromatic N) is 4. The third kappa shape index (κ3) is 3.83. The number of carbonyl (C=O) groups excluding carboxylic acids is 1. The van der Waals surface area contributed by atoms with E-state index in [-0.39, 0.29) is 11.9 Å². The Balaban J connectivity index is 1.74. The molecule has 0 fully saturated rings. The summed E-state index contributed by atoms with van der Waals surface area (Å²) < 4.78 is 7.91. The van der Waals surface area contributed by atoms with Crippen LogP contribution in [0.5, 0.6) is 0 Å². The molecule has 0 aliphatic rings. The number of carbonyl (C=O) groups is 1. The van der Waals surface area contributed by atoms with E-state index in [2.05, 4.69) is 20.5 Å². The highest BCUT2D eigenvalue weighted by atomic mass is 32.1. The molecule has 2 heterocycles. The number of anilines is 1. The number of hydrogen-bond acceptors (Lipinski definition) is 7. The van der Waals surface area contributed by atoms with E-state index in [1.54, 1.807) is 13.4 Å². The van der Waals surface area contributed by atoms with Crippen LogP contribution in [-0.2, 0) is 11.3 Å². The number of fused-ring (bicyclic) bond motifs is 1. The van der Waals surface area contributed by atoms with Crippen LogP contribution in [0, 0.1) is 6.92 Å². The number of nitrogens with one attached hydrogen (secondary N) is 1. The Hall–Kier alpha value is -2.52. The van der Waals surface area contributed by atoms with Crippen molar-refractivity contribution in [3.05, 3.63) is 35.4 Å². The molecule has 0 aliphatic heterocycles. The maximum absolute atomic E-state index is 12.7. The van der Waals surface area contributed by atoms with Crippen LogP contribution in [-0.4, -0.2) is 39.4 Å². The summed E-state index contributed by atoms with van der Waals surface area (Å²) in [7, 11) is 1.67. The van der Waals surface area contributed by atoms with Crippen molar-refractivity contribution in [1.29, 1.82) is 0 Å². The van der Waals surface area contributed by atoms with Gasteiger partial charge in [-0.2, -0.15) is 0 Å². The summed E-state index contributed by atoms with van der Waals surface area (Å²) in [5.41, 5.74) is 8.13. The van der Waals surface area contributed by atoms with Gasteiger partial charge in [-0.25, -0.2) is 4.98 Å². The molecule has 138 valence electrons. The number of benzene rings is 1. The summed E-state index contributed by atoms with van der Waals surface area (Å²) in [6.07, 6.45) is 2.52. The van der Waals surface area contributed by atoms with Gasteiger partial charge in [-0.05, 0) is 38.0 Å². The van der Waals surface area contributed by atoms with Crippen LogP contribution in [0.3, 0.4) is 0 Å². The fourth-order valence-electron chi connectivity index (χ4n) is 2.84. The lowest BCUT2D eigenvalue weighted by Crippen LogP contribution is -2.29. The average Bonchev–Trinajstić information content (AvgIpc) is 3.21. The lowest BCUT2D eigenvalue weighted by molar-refractivity contribution is 0.0937. The van der Waals surface area contributed by atoms with E-state index < -0.39 is 0 Å². The van der Waals surface area contributed by atoms with Gasteiger partial charge in [0.1, 0.15) is 6.33 Å². The fourth-order valence-corrected chi connectivity index (χ4v) is 3.69. The molecule has 1 atom stereocenters. The third-order valence-electron chi connectivity index (χ3n) is 4.09. The number of thiazole rings is 1. The number of nitrogens with two attached hydrogens (primary N) is 1. The minimum absolute atomic E-state index is 0.166. The molecule has 1 amide bonds. The molecular weight excluding hydrogens is 352 g/mol. The van der Waals surface area contributed by atoms with Gasteiger partial charge in [0, 0.05) is 25.8 Å². The Kier molecular flexibility index (Phi) is 5.48. The molecule has 0 aliphatic carbocycles. The molecule has 3 rings (SSSR count). The monoisotopic (exact) mass is 374 g/mol. The minimum atomic E-state index is -0.268. The molecule has 3 N–H and O–H groups in total. The van der Waals surface area contributed by atoms with Crippen LogP contribution in [0.4, 0.5) is 5.13 Å². The minimum Gasteiger partial charge on any atom is -0.385 e. The molecule has 0 saturated heterocycles. The fraction of sp³-hybridized carbons (Fsp3) is 0.412. The Morgan fingerprint density at radius 3 is 3.04 bits per heavy atom. The van der Waals surface area contributed by atoms with Gasteiger partial charge in [0.25, 0.3) is 5.91 Å². The Bertz CT molecular complexity index is 919. The number of amides is 1. The van der Waals surface area contributed by atoms with Crippen molar-refractivity contribution >= 4 is 32.6 Å². The van der Waals surface area contributed by atoms with Crippen molar-refractivity contribution in [1.82, 2.24) is 25.1 Å². The zero-order valence-corrected chi connectivity index (χ0v) is 15.8. The molecule has 3 aromatic rings. The lowest BCUT2D eigenvalue weighted by Gasteiger charge is -2.15. The Labute approximate surface area is 155 Å². The summed E-state index contributed by atoms with van der Waals surface area (Å²) in [5, 5.41) is 11.6. The Morgan fingerprint density at radius 2 is 2.27 bits per heavy atom. The molecular formula is C17H22N6O2S. The smallest absolute Gasteiger partial charge is 0.251 e. The second-order valence-corrected chi connectivity index (χ2v) is 7.18. The topological polar surface area (TPSA) is 108 Å². The molecule has 0 bridgehead atoms. The van der Waals surface area contributed by atoms with Gasteiger partial charge >= 0.3 is 0 Å². The van der Waals surface area contributed by atoms with Crippen molar-refractivity contribution in [3.63, 3.8) is 0 Å². The molecule has 2 aromatic heterocycles. The quantitative estimate of drug-likeness (QED) is 0.615. The first-order valence-electron chi connectivity index (χ1n) is 8.33. The zero-order valence-electron chi connectivity index (χ0n) is 15.0. The van der Waals surface area contributed by atoms with Gasteiger partial charge in [-0.1, -0.05) is 11.3 Å². The van der Waals surface area contributed by atoms with E-state index in [0.717, 1.165) is 28.7 Å². The zero-order chi connectivity index (χ0) is 18.7. The van der Waals surface area contributed by atoms with E-state index in [0.29, 0.717) is 23.1 Å². The van der Waals surface area contributed by atoms with Gasteiger partial charge in [0.2, 0.25) is 0 Å². The van der Waals surface area contributed by atoms with Crippen molar-refractivity contribution in [3.8, 4) is 0 Å². The predicted octanol–water partition coefficient (Wildman–Crippen LogP) is 2.31. The number of methoxy groups -OCH3 is 1. The molecule has 8 nitrogen and oxygen atoms in total. The number of nitrogen functional groups attached to an aromatic ring is 1. The summed E-state index contributed by atoms with van der Waals surface area (Å²) in [6, 6.07) is 3.38. The molecule has 9 heteroatoms. The summed E-state index contributed by atoms with van der Waals surface area (Å²) in [5.74, 6) is 0.551. The molecule has 1 unspecified atom stereocenters. The highest BCUT2D eigenvalue weighted by Crippen LogP contribution is 2.27. The van der Waals surface area contributed by atoms with Crippen LogP contribution < -0.4 is 11.1 Å². The third-order valence-corrected chi connectivity index (χ3v) is 4.92. The normalized spacial score (nSPS) is 12.4. The van der Waals surface area contributed by atoms with Gasteiger partial charge in [0.05, 0.1) is 16.3 Å². The summed E-state index contributed by atoms with van der Waals surface area (Å²) in [4.78, 5) is 17.0. The molecule has 1 aromatic carbocycles. The summed E-state index contributed by atoms with van der Waals surface area (Å²) in [6.45, 7) is 5.22. The predicted molar refractivity (Wildman–Crippen MR) is 101 cm³/mol. The number of rotatable bonds is 7. The maximum Gasteiger partial charge on any atom is 0.251 e. The first-order valence-corrected chi connectivity index (χ1v) is 9.15. The number of aromatic nitrogens is 4. The second-order valence-electron chi connectivity index (χ2n) is 6.12. The number of aryl methyl sites for hydroxylation is 2. The second kappa shape index (κ2) is 7.79. The van der Waals surface area contributed by atoms with Gasteiger partial charge < -0.3 is 20.4 Å². The number of ether oxygens (including phenoxy) is 1. The Morgan fingerprint density at radius 1 is 1.46 bits per heavy atom. The molecule has 26 heavy (non-hydrogen) atoms. The van der Waals surface area contributed by atoms with E-state index in [4.69, 9.17) is 10.5 Å². The standard InChI is InChI=1S/C17H22N6O2S/c1-10-7-12(8-13-14(10)21-17(18)26-13)16(24)20-11(2)15-22-19-9-23(15)5-4-6-25-3/h7-9,11H,4-6H2,1-3H3,(H2,18,21)(H,20,24). The van der Waals surface area contributed by atoms with Crippen molar-refractivity contribution in [2.75, 3.05) is 19.5 Å². The average molecular weight is 374 g/mol. The van der Waals surface area contributed by atoms with Gasteiger partial charge in [-0.3, -0.25) is 4.79 Å². The summed E-state index contributed by atoms with van der Waals surface area (Å²) >= 11 is 1.38. The highest BCUT2D eigenvalue weighted by Gasteiger charge is 2.18. The highest BCUT2D eigenvalue weighted by molar-refractivity contribution is 7.22. The van der Waals surface area contributed by atoms with Gasteiger partial charge in [-0.15, -0.1) is 10.2 Å². The van der Waals surface area contributed by atoms with Crippen LogP contribution in [0.25, 0.3) is 10.2 Å². The first kappa shape index (κ1) is 18.3. The van der Waals surface area contributed by atoms with Crippen LogP contribution in [0.15, 0.2) is 18.5 Å². The van der Waals surface area contributed by atoms with Crippen molar-refractivity contribution < 1.29 is 9.53 Å². The van der Waals surface area contributed by atoms with E-state index in [9.17, 15) is 4.79 Å². The van der Waals surface area contributed by atoms with Gasteiger partial charge in [0.15, 0.2) is 11.0 Å². The van der Waals surface area contributed by atoms with Crippen LogP contribution >= 0.6 is 11.3 Å².